The average Bonchev–Trinajstić information content (AvgIpc) is 3.20. The molecule has 0 saturated carbocycles. The molecule has 1 amide bonds. The predicted octanol–water partition coefficient (Wildman–Crippen LogP) is 3.22. The van der Waals surface area contributed by atoms with Crippen LogP contribution in [0.15, 0.2) is 30.0 Å². The maximum Gasteiger partial charge on any atom is 0.362 e. The van der Waals surface area contributed by atoms with Gasteiger partial charge in [-0.15, -0.1) is 0 Å². The van der Waals surface area contributed by atoms with Crippen LogP contribution in [-0.4, -0.2) is 71.3 Å². The monoisotopic (exact) mass is 432 g/mol. The molecule has 0 unspecified atom stereocenters. The van der Waals surface area contributed by atoms with Gasteiger partial charge in [-0.1, -0.05) is 0 Å². The second kappa shape index (κ2) is 12.3. The zero-order valence-corrected chi connectivity index (χ0v) is 18.6. The summed E-state index contributed by atoms with van der Waals surface area (Å²) in [5.41, 5.74) is 0.577. The summed E-state index contributed by atoms with van der Waals surface area (Å²) < 4.78 is 1.04. The van der Waals surface area contributed by atoms with Crippen LogP contribution in [0, 0.1) is 16.2 Å². The van der Waals surface area contributed by atoms with Crippen LogP contribution in [0.3, 0.4) is 0 Å². The SMILES string of the molecule is CCN(C=O)C/C=C/[N+]1(C)CCCC1.CO[N+](=O)c1cc(/C=C(/C)C#N)cc(O)c1O. The van der Waals surface area contributed by atoms with Gasteiger partial charge in [-0.2, -0.15) is 5.26 Å². The Labute approximate surface area is 183 Å². The molecule has 1 saturated heterocycles. The number of hydrogen-bond donors (Lipinski definition) is 2. The zero-order valence-electron chi connectivity index (χ0n) is 18.6. The minimum Gasteiger partial charge on any atom is -0.504 e. The molecule has 0 radical (unpaired) electrons. The Morgan fingerprint density at radius 1 is 1.35 bits per heavy atom. The number of allylic oxidation sites excluding steroid dienone is 1. The zero-order chi connectivity index (χ0) is 23.4. The van der Waals surface area contributed by atoms with Gasteiger partial charge in [0, 0.05) is 37.6 Å². The van der Waals surface area contributed by atoms with Crippen molar-refractivity contribution in [2.24, 2.45) is 0 Å². The van der Waals surface area contributed by atoms with Crippen molar-refractivity contribution in [3.05, 3.63) is 40.5 Å². The first kappa shape index (κ1) is 25.7. The van der Waals surface area contributed by atoms with Crippen LogP contribution in [-0.2, 0) is 9.63 Å². The highest BCUT2D eigenvalue weighted by molar-refractivity contribution is 5.66. The number of benzene rings is 1. The number of phenolic OH excluding ortho intramolecular Hbond substituents is 2. The number of nitriles is 1. The van der Waals surface area contributed by atoms with Crippen molar-refractivity contribution >= 4 is 18.2 Å². The van der Waals surface area contributed by atoms with E-state index in [4.69, 9.17) is 5.26 Å². The first-order valence-electron chi connectivity index (χ1n) is 10.1. The first-order valence-corrected chi connectivity index (χ1v) is 10.1. The Balaban J connectivity index is 0.000000316. The minimum absolute atomic E-state index is 0.0636. The van der Waals surface area contributed by atoms with E-state index in [0.717, 1.165) is 31.1 Å². The van der Waals surface area contributed by atoms with Gasteiger partial charge in [-0.25, -0.2) is 4.84 Å². The fourth-order valence-corrected chi connectivity index (χ4v) is 3.12. The largest absolute Gasteiger partial charge is 0.504 e. The van der Waals surface area contributed by atoms with E-state index in [9.17, 15) is 19.9 Å². The highest BCUT2D eigenvalue weighted by Gasteiger charge is 2.25. The Bertz CT molecular complexity index is 867. The molecule has 0 aromatic heterocycles. The molecule has 1 aromatic rings. The van der Waals surface area contributed by atoms with E-state index in [1.54, 1.807) is 11.8 Å². The Kier molecular flexibility index (Phi) is 10.2. The molecular weight excluding hydrogens is 400 g/mol. The van der Waals surface area contributed by atoms with Gasteiger partial charge in [0.05, 0.1) is 37.3 Å². The molecule has 0 atom stereocenters. The van der Waals surface area contributed by atoms with Gasteiger partial charge >= 0.3 is 5.69 Å². The number of carbonyl (C=O) groups excluding carboxylic acids is 1. The molecule has 0 spiro atoms. The van der Waals surface area contributed by atoms with Crippen LogP contribution in [0.1, 0.15) is 32.3 Å². The lowest BCUT2D eigenvalue weighted by Gasteiger charge is -2.24. The maximum absolute atomic E-state index is 11.2. The summed E-state index contributed by atoms with van der Waals surface area (Å²) in [5.74, 6) is -1.04. The number of quaternary nitrogens is 1. The van der Waals surface area contributed by atoms with Gasteiger partial charge < -0.3 is 15.1 Å². The molecule has 2 rings (SSSR count). The normalized spacial score (nSPS) is 15.0. The standard InChI is InChI=1S/C11H10N2O4.C11H21N2O/c1-7(6-12)3-8-4-9(13(16)17-2)11(15)10(14)5-8;1-3-12(11-14)7-6-10-13(2)8-4-5-9-13/h3-5H,1-2H3,(H-,14,15,16);6,10-11H,3-5,7-9H2,1-2H3/q;+1/p+1/b7-3-;10-6+. The summed E-state index contributed by atoms with van der Waals surface area (Å²) in [5, 5.41) is 27.5. The van der Waals surface area contributed by atoms with Gasteiger partial charge in [-0.05, 0) is 37.6 Å². The van der Waals surface area contributed by atoms with E-state index in [-0.39, 0.29) is 10.6 Å². The molecular formula is C22H32N4O5+2. The summed E-state index contributed by atoms with van der Waals surface area (Å²) in [4.78, 5) is 28.0. The van der Waals surface area contributed by atoms with Crippen molar-refractivity contribution in [3.63, 3.8) is 0 Å². The van der Waals surface area contributed by atoms with Crippen LogP contribution >= 0.6 is 0 Å². The van der Waals surface area contributed by atoms with Crippen LogP contribution < -0.4 is 0 Å². The third-order valence-corrected chi connectivity index (χ3v) is 4.96. The van der Waals surface area contributed by atoms with Crippen molar-refractivity contribution < 1.29 is 29.3 Å². The fourth-order valence-electron chi connectivity index (χ4n) is 3.12. The molecule has 1 fully saturated rings. The first-order chi connectivity index (χ1) is 14.7. The minimum atomic E-state index is -0.575. The maximum atomic E-state index is 11.2. The number of aromatic hydroxyl groups is 2. The molecule has 9 heteroatoms. The lowest BCUT2D eigenvalue weighted by atomic mass is 10.1. The summed E-state index contributed by atoms with van der Waals surface area (Å²) in [6.07, 6.45) is 9.38. The van der Waals surface area contributed by atoms with E-state index in [1.165, 1.54) is 44.1 Å². The molecule has 2 N–H and O–H groups in total. The highest BCUT2D eigenvalue weighted by atomic mass is 16.8. The third kappa shape index (κ3) is 8.10. The molecule has 9 nitrogen and oxygen atoms in total. The average molecular weight is 433 g/mol. The quantitative estimate of drug-likeness (QED) is 0.214. The lowest BCUT2D eigenvalue weighted by Crippen LogP contribution is -2.34. The van der Waals surface area contributed by atoms with Gasteiger partial charge in [0.1, 0.15) is 0 Å². The topological polar surface area (TPSA) is 114 Å². The van der Waals surface area contributed by atoms with Crippen LogP contribution in [0.5, 0.6) is 11.5 Å². The number of rotatable bonds is 8. The second-order valence-corrected chi connectivity index (χ2v) is 7.50. The van der Waals surface area contributed by atoms with Crippen molar-refractivity contribution in [1.82, 2.24) is 4.90 Å². The highest BCUT2D eigenvalue weighted by Crippen LogP contribution is 2.36. The van der Waals surface area contributed by atoms with E-state index in [2.05, 4.69) is 24.2 Å². The lowest BCUT2D eigenvalue weighted by molar-refractivity contribution is -0.846. The Hall–Kier alpha value is -3.38. The van der Waals surface area contributed by atoms with Crippen LogP contribution in [0.25, 0.3) is 6.08 Å². The number of hydrogen-bond acceptors (Lipinski definition) is 6. The summed E-state index contributed by atoms with van der Waals surface area (Å²) in [7, 11) is 3.38. The molecule has 1 heterocycles. The number of nitrogens with zero attached hydrogens (tertiary/aromatic N) is 4. The van der Waals surface area contributed by atoms with E-state index in [1.807, 2.05) is 13.0 Å². The van der Waals surface area contributed by atoms with E-state index >= 15 is 0 Å². The summed E-state index contributed by atoms with van der Waals surface area (Å²) in [6.45, 7) is 7.59. The van der Waals surface area contributed by atoms with Gasteiger partial charge in [0.25, 0.3) is 4.92 Å². The molecule has 31 heavy (non-hydrogen) atoms. The van der Waals surface area contributed by atoms with E-state index < -0.39 is 11.5 Å². The predicted molar refractivity (Wildman–Crippen MR) is 117 cm³/mol. The molecule has 1 aromatic carbocycles. The smallest absolute Gasteiger partial charge is 0.362 e. The second-order valence-electron chi connectivity index (χ2n) is 7.50. The molecule has 0 bridgehead atoms. The van der Waals surface area contributed by atoms with E-state index in [0.29, 0.717) is 11.1 Å². The number of likely N-dealkylation sites (N-methyl/N-ethyl adjacent to an activating group) is 1. The van der Waals surface area contributed by atoms with Gasteiger partial charge in [0.15, 0.2) is 12.9 Å². The van der Waals surface area contributed by atoms with Crippen LogP contribution in [0.4, 0.5) is 5.69 Å². The van der Waals surface area contributed by atoms with Crippen molar-refractivity contribution in [2.45, 2.75) is 26.7 Å². The number of carbonyl (C=O) groups is 1. The molecule has 1 aliphatic heterocycles. The molecule has 0 aliphatic carbocycles. The Morgan fingerprint density at radius 3 is 2.52 bits per heavy atom. The van der Waals surface area contributed by atoms with Gasteiger partial charge in [0.2, 0.25) is 12.2 Å². The summed E-state index contributed by atoms with van der Waals surface area (Å²) >= 11 is 0. The fraction of sp³-hybridized carbons (Fsp3) is 0.455. The van der Waals surface area contributed by atoms with Crippen molar-refractivity contribution in [1.29, 1.82) is 5.26 Å². The number of likely N-dealkylation sites (tertiary alicyclic amines) is 1. The van der Waals surface area contributed by atoms with Crippen LogP contribution in [0.2, 0.25) is 0 Å². The number of amides is 1. The van der Waals surface area contributed by atoms with Gasteiger partial charge in [-0.3, -0.25) is 9.28 Å². The molecule has 1 aliphatic rings. The van der Waals surface area contributed by atoms with Crippen molar-refractivity contribution in [3.8, 4) is 17.6 Å². The third-order valence-electron chi connectivity index (χ3n) is 4.96. The molecule has 168 valence electrons. The van der Waals surface area contributed by atoms with Crippen molar-refractivity contribution in [2.75, 3.05) is 40.3 Å². The Morgan fingerprint density at radius 2 is 2.00 bits per heavy atom. The number of phenols is 2. The summed E-state index contributed by atoms with van der Waals surface area (Å²) in [6, 6.07) is 4.44.